The molecule has 1 saturated heterocycles. The molecule has 1 aliphatic heterocycles. The molecule has 3 rings (SSSR count). The quantitative estimate of drug-likeness (QED) is 0.748. The average Bonchev–Trinajstić information content (AvgIpc) is 2.66. The highest BCUT2D eigenvalue weighted by Crippen LogP contribution is 2.21. The van der Waals surface area contributed by atoms with Gasteiger partial charge in [-0.2, -0.15) is 0 Å². The van der Waals surface area contributed by atoms with Gasteiger partial charge in [-0.05, 0) is 25.1 Å². The molecule has 0 aliphatic carbocycles. The Bertz CT molecular complexity index is 781. The lowest BCUT2D eigenvalue weighted by Crippen LogP contribution is -2.48. The molecule has 1 amide bonds. The summed E-state index contributed by atoms with van der Waals surface area (Å²) >= 11 is 6.05. The number of carbonyl (C=O) groups excluding carboxylic acids is 2. The van der Waals surface area contributed by atoms with Gasteiger partial charge in [-0.25, -0.2) is 0 Å². The van der Waals surface area contributed by atoms with E-state index in [4.69, 9.17) is 11.6 Å². The van der Waals surface area contributed by atoms with E-state index in [1.807, 2.05) is 60.4 Å². The average molecular weight is 371 g/mol. The molecule has 0 bridgehead atoms. The maximum absolute atomic E-state index is 12.4. The molecule has 1 aliphatic rings. The third-order valence-electron chi connectivity index (χ3n) is 4.75. The first-order valence-electron chi connectivity index (χ1n) is 8.91. The fourth-order valence-electron chi connectivity index (χ4n) is 3.15. The largest absolute Gasteiger partial charge is 0.368 e. The second-order valence-corrected chi connectivity index (χ2v) is 7.07. The van der Waals surface area contributed by atoms with E-state index in [0.29, 0.717) is 18.7 Å². The van der Waals surface area contributed by atoms with Gasteiger partial charge in [0.15, 0.2) is 5.78 Å². The van der Waals surface area contributed by atoms with Gasteiger partial charge in [0.1, 0.15) is 0 Å². The summed E-state index contributed by atoms with van der Waals surface area (Å²) in [4.78, 5) is 28.7. The molecular formula is C21H23ClN2O2. The highest BCUT2D eigenvalue weighted by Gasteiger charge is 2.22. The van der Waals surface area contributed by atoms with Gasteiger partial charge in [0.2, 0.25) is 5.91 Å². The SMILES string of the molecule is Cc1ccc(C(=O)CCC(=O)N2CCN(c3cccc(Cl)c3)CC2)cc1. The number of rotatable bonds is 5. The molecule has 0 spiro atoms. The lowest BCUT2D eigenvalue weighted by Gasteiger charge is -2.36. The second kappa shape index (κ2) is 8.37. The first-order chi connectivity index (χ1) is 12.5. The van der Waals surface area contributed by atoms with Crippen molar-refractivity contribution in [1.82, 2.24) is 4.90 Å². The van der Waals surface area contributed by atoms with Crippen molar-refractivity contribution >= 4 is 29.0 Å². The molecule has 0 N–H and O–H groups in total. The van der Waals surface area contributed by atoms with E-state index in [-0.39, 0.29) is 24.5 Å². The van der Waals surface area contributed by atoms with Gasteiger partial charge in [-0.3, -0.25) is 9.59 Å². The van der Waals surface area contributed by atoms with Crippen LogP contribution in [0.3, 0.4) is 0 Å². The molecular weight excluding hydrogens is 348 g/mol. The molecule has 0 atom stereocenters. The second-order valence-electron chi connectivity index (χ2n) is 6.64. The number of nitrogens with zero attached hydrogens (tertiary/aromatic N) is 2. The molecule has 1 fully saturated rings. The van der Waals surface area contributed by atoms with Crippen molar-refractivity contribution in [2.45, 2.75) is 19.8 Å². The Balaban J connectivity index is 1.47. The third kappa shape index (κ3) is 4.64. The molecule has 0 radical (unpaired) electrons. The van der Waals surface area contributed by atoms with E-state index in [0.717, 1.165) is 29.4 Å². The Morgan fingerprint density at radius 3 is 2.31 bits per heavy atom. The molecule has 2 aromatic carbocycles. The van der Waals surface area contributed by atoms with Gasteiger partial charge in [0.05, 0.1) is 0 Å². The van der Waals surface area contributed by atoms with Crippen LogP contribution in [-0.2, 0) is 4.79 Å². The maximum Gasteiger partial charge on any atom is 0.223 e. The number of benzene rings is 2. The summed E-state index contributed by atoms with van der Waals surface area (Å²) in [5, 5.41) is 0.718. The number of carbonyl (C=O) groups is 2. The standard InChI is InChI=1S/C21H23ClN2O2/c1-16-5-7-17(8-6-16)20(25)9-10-21(26)24-13-11-23(12-14-24)19-4-2-3-18(22)15-19/h2-8,15H,9-14H2,1H3. The molecule has 4 nitrogen and oxygen atoms in total. The van der Waals surface area contributed by atoms with Gasteiger partial charge < -0.3 is 9.80 Å². The first-order valence-corrected chi connectivity index (χ1v) is 9.29. The number of anilines is 1. The molecule has 0 unspecified atom stereocenters. The number of Topliss-reactive ketones (excluding diaryl/α,β-unsaturated/α-hetero) is 1. The zero-order valence-corrected chi connectivity index (χ0v) is 15.7. The molecule has 2 aromatic rings. The van der Waals surface area contributed by atoms with Crippen molar-refractivity contribution < 1.29 is 9.59 Å². The summed E-state index contributed by atoms with van der Waals surface area (Å²) in [6, 6.07) is 15.3. The van der Waals surface area contributed by atoms with Crippen molar-refractivity contribution in [3.8, 4) is 0 Å². The Morgan fingerprint density at radius 1 is 0.962 bits per heavy atom. The monoisotopic (exact) mass is 370 g/mol. The third-order valence-corrected chi connectivity index (χ3v) is 4.98. The number of piperazine rings is 1. The smallest absolute Gasteiger partial charge is 0.223 e. The highest BCUT2D eigenvalue weighted by molar-refractivity contribution is 6.30. The normalized spacial score (nSPS) is 14.4. The van der Waals surface area contributed by atoms with E-state index in [9.17, 15) is 9.59 Å². The summed E-state index contributed by atoms with van der Waals surface area (Å²) in [5.74, 6) is 0.0760. The Morgan fingerprint density at radius 2 is 1.65 bits per heavy atom. The summed E-state index contributed by atoms with van der Waals surface area (Å²) < 4.78 is 0. The minimum Gasteiger partial charge on any atom is -0.368 e. The lowest BCUT2D eigenvalue weighted by molar-refractivity contribution is -0.131. The number of hydrogen-bond acceptors (Lipinski definition) is 3. The van der Waals surface area contributed by atoms with Crippen LogP contribution in [0.5, 0.6) is 0 Å². The number of ketones is 1. The van der Waals surface area contributed by atoms with Crippen LogP contribution < -0.4 is 4.90 Å². The van der Waals surface area contributed by atoms with Gasteiger partial charge in [0.25, 0.3) is 0 Å². The van der Waals surface area contributed by atoms with Gasteiger partial charge in [-0.15, -0.1) is 0 Å². The van der Waals surface area contributed by atoms with Crippen LogP contribution in [0.25, 0.3) is 0 Å². The predicted octanol–water partition coefficient (Wildman–Crippen LogP) is 3.96. The summed E-state index contributed by atoms with van der Waals surface area (Å²) in [6.45, 7) is 4.88. The molecule has 1 heterocycles. The maximum atomic E-state index is 12.4. The van der Waals surface area contributed by atoms with Gasteiger partial charge in [-0.1, -0.05) is 47.5 Å². The number of hydrogen-bond donors (Lipinski definition) is 0. The number of aryl methyl sites for hydroxylation is 1. The van der Waals surface area contributed by atoms with Crippen molar-refractivity contribution in [3.63, 3.8) is 0 Å². The summed E-state index contributed by atoms with van der Waals surface area (Å²) in [5.41, 5.74) is 2.88. The highest BCUT2D eigenvalue weighted by atomic mass is 35.5. The van der Waals surface area contributed by atoms with Crippen LogP contribution in [0.15, 0.2) is 48.5 Å². The van der Waals surface area contributed by atoms with Crippen LogP contribution in [0.2, 0.25) is 5.02 Å². The van der Waals surface area contributed by atoms with Gasteiger partial charge in [0, 0.05) is 55.3 Å². The molecule has 0 saturated carbocycles. The molecule has 5 heteroatoms. The van der Waals surface area contributed by atoms with Crippen molar-refractivity contribution in [2.24, 2.45) is 0 Å². The predicted molar refractivity (Wildman–Crippen MR) is 105 cm³/mol. The number of halogens is 1. The number of amides is 1. The fourth-order valence-corrected chi connectivity index (χ4v) is 3.33. The molecule has 26 heavy (non-hydrogen) atoms. The molecule has 0 aromatic heterocycles. The summed E-state index contributed by atoms with van der Waals surface area (Å²) in [6.07, 6.45) is 0.528. The van der Waals surface area contributed by atoms with E-state index >= 15 is 0 Å². The van der Waals surface area contributed by atoms with Crippen molar-refractivity contribution in [2.75, 3.05) is 31.1 Å². The lowest BCUT2D eigenvalue weighted by atomic mass is 10.0. The first kappa shape index (κ1) is 18.5. The van der Waals surface area contributed by atoms with Gasteiger partial charge >= 0.3 is 0 Å². The zero-order valence-electron chi connectivity index (χ0n) is 15.0. The van der Waals surface area contributed by atoms with Crippen molar-refractivity contribution in [3.05, 3.63) is 64.7 Å². The summed E-state index contributed by atoms with van der Waals surface area (Å²) in [7, 11) is 0. The van der Waals surface area contributed by atoms with E-state index in [1.54, 1.807) is 0 Å². The Kier molecular flexibility index (Phi) is 5.94. The van der Waals surface area contributed by atoms with E-state index in [2.05, 4.69) is 4.90 Å². The van der Waals surface area contributed by atoms with Crippen molar-refractivity contribution in [1.29, 1.82) is 0 Å². The minimum atomic E-state index is 0.0240. The van der Waals surface area contributed by atoms with Crippen LogP contribution in [0.1, 0.15) is 28.8 Å². The van der Waals surface area contributed by atoms with E-state index in [1.165, 1.54) is 0 Å². The fraction of sp³-hybridized carbons (Fsp3) is 0.333. The molecule has 136 valence electrons. The Hall–Kier alpha value is -2.33. The van der Waals surface area contributed by atoms with Crippen LogP contribution >= 0.6 is 11.6 Å². The Labute approximate surface area is 159 Å². The topological polar surface area (TPSA) is 40.6 Å². The van der Waals surface area contributed by atoms with Crippen LogP contribution in [0.4, 0.5) is 5.69 Å². The zero-order chi connectivity index (χ0) is 18.5. The van der Waals surface area contributed by atoms with E-state index < -0.39 is 0 Å². The minimum absolute atomic E-state index is 0.0240. The van der Waals surface area contributed by atoms with Crippen LogP contribution in [0, 0.1) is 6.92 Å². The van der Waals surface area contributed by atoms with Crippen LogP contribution in [-0.4, -0.2) is 42.8 Å².